The molecule has 60 heavy (non-hydrogen) atoms. The Morgan fingerprint density at radius 3 is 0.933 bits per heavy atom. The predicted octanol–water partition coefficient (Wildman–Crippen LogP) is 13.7. The molecule has 10 rings (SSSR count). The van der Waals surface area contributed by atoms with E-state index in [9.17, 15) is 0 Å². The van der Waals surface area contributed by atoms with Crippen LogP contribution in [0.15, 0.2) is 224 Å². The third-order valence-electron chi connectivity index (χ3n) is 10.6. The van der Waals surface area contributed by atoms with Gasteiger partial charge in [0, 0.05) is 33.4 Å². The summed E-state index contributed by atoms with van der Waals surface area (Å²) in [6.45, 7) is 0. The van der Waals surface area contributed by atoms with Crippen molar-refractivity contribution in [2.75, 3.05) is 0 Å². The van der Waals surface area contributed by atoms with E-state index < -0.39 is 0 Å². The van der Waals surface area contributed by atoms with E-state index in [4.69, 9.17) is 24.9 Å². The van der Waals surface area contributed by atoms with Crippen LogP contribution < -0.4 is 0 Å². The summed E-state index contributed by atoms with van der Waals surface area (Å²) in [4.78, 5) is 25.2. The highest BCUT2D eigenvalue weighted by Gasteiger charge is 2.15. The van der Waals surface area contributed by atoms with Gasteiger partial charge in [0.2, 0.25) is 0 Å². The van der Waals surface area contributed by atoms with Gasteiger partial charge in [-0.15, -0.1) is 0 Å². The van der Waals surface area contributed by atoms with Crippen LogP contribution in [0.5, 0.6) is 0 Å². The zero-order chi connectivity index (χ0) is 40.1. The molecule has 0 fully saturated rings. The van der Waals surface area contributed by atoms with Crippen molar-refractivity contribution >= 4 is 0 Å². The summed E-state index contributed by atoms with van der Waals surface area (Å²) in [6.07, 6.45) is 0. The number of hydrogen-bond donors (Lipinski definition) is 0. The standard InChI is InChI=1S/C55H37N5/c1-5-15-38(16-6-1)40-27-31-42(32-28-40)50-37-51(57-52(56-50)45-33-29-41(30-34-45)39-17-7-2-8-18-39)48-25-13-23-46(35-48)47-24-14-26-49(36-47)55-59-53(43-19-9-3-10-20-43)58-54(60-55)44-21-11-4-12-22-44/h1-37H. The summed E-state index contributed by atoms with van der Waals surface area (Å²) >= 11 is 0. The third-order valence-corrected chi connectivity index (χ3v) is 10.6. The van der Waals surface area contributed by atoms with Crippen LogP contribution in [0.3, 0.4) is 0 Å². The molecule has 0 saturated carbocycles. The smallest absolute Gasteiger partial charge is 0.164 e. The fourth-order valence-electron chi connectivity index (χ4n) is 7.41. The largest absolute Gasteiger partial charge is 0.228 e. The molecule has 0 aliphatic heterocycles. The lowest BCUT2D eigenvalue weighted by Gasteiger charge is -2.12. The topological polar surface area (TPSA) is 64.5 Å². The van der Waals surface area contributed by atoms with Crippen LogP contribution in [0.25, 0.3) is 101 Å². The average molecular weight is 768 g/mol. The molecule has 0 unspecified atom stereocenters. The van der Waals surface area contributed by atoms with Gasteiger partial charge in [-0.3, -0.25) is 0 Å². The first-order valence-corrected chi connectivity index (χ1v) is 20.0. The fraction of sp³-hybridized carbons (Fsp3) is 0. The highest BCUT2D eigenvalue weighted by atomic mass is 15.0. The van der Waals surface area contributed by atoms with Gasteiger partial charge in [0.15, 0.2) is 23.3 Å². The van der Waals surface area contributed by atoms with Gasteiger partial charge in [0.05, 0.1) is 11.4 Å². The molecular weight excluding hydrogens is 731 g/mol. The Morgan fingerprint density at radius 1 is 0.167 bits per heavy atom. The molecule has 2 heterocycles. The first-order valence-electron chi connectivity index (χ1n) is 20.0. The van der Waals surface area contributed by atoms with Gasteiger partial charge in [-0.1, -0.05) is 206 Å². The Morgan fingerprint density at radius 2 is 0.450 bits per heavy atom. The number of aromatic nitrogens is 5. The second-order valence-corrected chi connectivity index (χ2v) is 14.5. The van der Waals surface area contributed by atoms with E-state index in [-0.39, 0.29) is 0 Å². The lowest BCUT2D eigenvalue weighted by molar-refractivity contribution is 1.07. The monoisotopic (exact) mass is 767 g/mol. The van der Waals surface area contributed by atoms with Crippen molar-refractivity contribution in [3.05, 3.63) is 224 Å². The van der Waals surface area contributed by atoms with Crippen LogP contribution >= 0.6 is 0 Å². The number of rotatable bonds is 9. The van der Waals surface area contributed by atoms with Crippen molar-refractivity contribution in [1.82, 2.24) is 24.9 Å². The van der Waals surface area contributed by atoms with E-state index in [1.54, 1.807) is 0 Å². The van der Waals surface area contributed by atoms with Gasteiger partial charge < -0.3 is 0 Å². The maximum atomic E-state index is 5.21. The van der Waals surface area contributed by atoms with Gasteiger partial charge in [0.25, 0.3) is 0 Å². The summed E-state index contributed by atoms with van der Waals surface area (Å²) in [5.74, 6) is 2.54. The first kappa shape index (κ1) is 36.2. The van der Waals surface area contributed by atoms with E-state index in [2.05, 4.69) is 152 Å². The molecule has 8 aromatic carbocycles. The number of benzene rings is 8. The van der Waals surface area contributed by atoms with Crippen LogP contribution in [-0.4, -0.2) is 24.9 Å². The van der Waals surface area contributed by atoms with Crippen LogP contribution in [0.2, 0.25) is 0 Å². The Hall–Kier alpha value is -8.15. The molecule has 0 aliphatic rings. The maximum absolute atomic E-state index is 5.21. The minimum Gasteiger partial charge on any atom is -0.228 e. The van der Waals surface area contributed by atoms with Crippen LogP contribution in [-0.2, 0) is 0 Å². The van der Waals surface area contributed by atoms with E-state index in [1.165, 1.54) is 11.1 Å². The van der Waals surface area contributed by atoms with E-state index in [1.807, 2.05) is 72.8 Å². The predicted molar refractivity (Wildman–Crippen MR) is 244 cm³/mol. The molecular formula is C55H37N5. The van der Waals surface area contributed by atoms with Crippen LogP contribution in [0.4, 0.5) is 0 Å². The summed E-state index contributed by atoms with van der Waals surface area (Å²) < 4.78 is 0. The maximum Gasteiger partial charge on any atom is 0.164 e. The Bertz CT molecular complexity index is 2880. The third kappa shape index (κ3) is 7.76. The molecule has 0 spiro atoms. The summed E-state index contributed by atoms with van der Waals surface area (Å²) in [6, 6.07) is 77.1. The molecule has 0 bridgehead atoms. The first-order chi connectivity index (χ1) is 29.7. The minimum absolute atomic E-state index is 0.613. The lowest BCUT2D eigenvalue weighted by Crippen LogP contribution is -2.00. The van der Waals surface area contributed by atoms with Gasteiger partial charge in [-0.05, 0) is 51.6 Å². The molecule has 0 radical (unpaired) electrons. The van der Waals surface area contributed by atoms with Gasteiger partial charge >= 0.3 is 0 Å². The number of hydrogen-bond acceptors (Lipinski definition) is 5. The van der Waals surface area contributed by atoms with Crippen molar-refractivity contribution in [1.29, 1.82) is 0 Å². The van der Waals surface area contributed by atoms with Crippen LogP contribution in [0.1, 0.15) is 0 Å². The van der Waals surface area contributed by atoms with Crippen LogP contribution in [0, 0.1) is 0 Å². The molecule has 0 N–H and O–H groups in total. The quantitative estimate of drug-likeness (QED) is 0.146. The molecule has 10 aromatic rings. The minimum atomic E-state index is 0.613. The highest BCUT2D eigenvalue weighted by molar-refractivity contribution is 5.79. The van der Waals surface area contributed by atoms with Gasteiger partial charge in [0.1, 0.15) is 0 Å². The Labute approximate surface area is 349 Å². The number of nitrogens with zero attached hydrogens (tertiary/aromatic N) is 5. The Balaban J connectivity index is 1.04. The molecule has 2 aromatic heterocycles. The van der Waals surface area contributed by atoms with Crippen molar-refractivity contribution < 1.29 is 0 Å². The molecule has 5 nitrogen and oxygen atoms in total. The molecule has 0 amide bonds. The summed E-state index contributed by atoms with van der Waals surface area (Å²) in [7, 11) is 0. The molecule has 5 heteroatoms. The van der Waals surface area contributed by atoms with E-state index in [0.717, 1.165) is 67.0 Å². The molecule has 0 atom stereocenters. The molecule has 0 saturated heterocycles. The van der Waals surface area contributed by atoms with Gasteiger partial charge in [-0.2, -0.15) is 0 Å². The Kier molecular flexibility index (Phi) is 9.88. The highest BCUT2D eigenvalue weighted by Crippen LogP contribution is 2.34. The van der Waals surface area contributed by atoms with Crippen molar-refractivity contribution in [2.24, 2.45) is 0 Å². The summed E-state index contributed by atoms with van der Waals surface area (Å²) in [5.41, 5.74) is 14.2. The second-order valence-electron chi connectivity index (χ2n) is 14.5. The fourth-order valence-corrected chi connectivity index (χ4v) is 7.41. The average Bonchev–Trinajstić information content (AvgIpc) is 3.35. The van der Waals surface area contributed by atoms with Gasteiger partial charge in [-0.25, -0.2) is 24.9 Å². The lowest BCUT2D eigenvalue weighted by atomic mass is 9.98. The normalized spacial score (nSPS) is 11.0. The zero-order valence-electron chi connectivity index (χ0n) is 32.6. The van der Waals surface area contributed by atoms with E-state index in [0.29, 0.717) is 23.3 Å². The van der Waals surface area contributed by atoms with E-state index >= 15 is 0 Å². The molecule has 282 valence electrons. The molecule has 0 aliphatic carbocycles. The van der Waals surface area contributed by atoms with Crippen molar-refractivity contribution in [2.45, 2.75) is 0 Å². The zero-order valence-corrected chi connectivity index (χ0v) is 32.6. The summed E-state index contributed by atoms with van der Waals surface area (Å²) in [5, 5.41) is 0. The van der Waals surface area contributed by atoms with Crippen molar-refractivity contribution in [3.8, 4) is 101 Å². The van der Waals surface area contributed by atoms with Crippen molar-refractivity contribution in [3.63, 3.8) is 0 Å². The SMILES string of the molecule is c1ccc(-c2ccc(-c3cc(-c4cccc(-c5cccc(-c6nc(-c7ccccc7)nc(-c7ccccc7)n6)c5)c4)nc(-c4ccc(-c5ccccc5)cc4)n3)cc2)cc1. The second kappa shape index (κ2) is 16.4.